The van der Waals surface area contributed by atoms with Crippen LogP contribution in [0.2, 0.25) is 0 Å². The molecule has 3 atom stereocenters. The average molecular weight is 467 g/mol. The zero-order valence-corrected chi connectivity index (χ0v) is 20.4. The molecule has 0 radical (unpaired) electrons. The lowest BCUT2D eigenvalue weighted by atomic mass is 10.0. The van der Waals surface area contributed by atoms with Crippen LogP contribution in [0.25, 0.3) is 0 Å². The van der Waals surface area contributed by atoms with E-state index in [0.717, 1.165) is 38.5 Å². The average Bonchev–Trinajstić information content (AvgIpc) is 3.72. The lowest BCUT2D eigenvalue weighted by Gasteiger charge is -2.08. The summed E-state index contributed by atoms with van der Waals surface area (Å²) in [5.74, 6) is -2.58. The molecule has 7 nitrogen and oxygen atoms in total. The summed E-state index contributed by atoms with van der Waals surface area (Å²) in [5, 5.41) is 0. The van der Waals surface area contributed by atoms with Crippen LogP contribution < -0.4 is 0 Å². The molecule has 0 N–H and O–H groups in total. The maximum atomic E-state index is 11.6. The molecule has 33 heavy (non-hydrogen) atoms. The number of rotatable bonds is 20. The maximum absolute atomic E-state index is 11.6. The highest BCUT2D eigenvalue weighted by Gasteiger charge is 3.23. The normalized spacial score (nSPS) is 38.0. The van der Waals surface area contributed by atoms with E-state index < -0.39 is 23.3 Å². The Bertz CT molecular complexity index is 690. The molecule has 5 heterocycles. The van der Waals surface area contributed by atoms with Gasteiger partial charge < -0.3 is 9.47 Å². The van der Waals surface area contributed by atoms with Crippen LogP contribution in [-0.4, -0.2) is 42.0 Å². The first kappa shape index (κ1) is 24.0. The van der Waals surface area contributed by atoms with E-state index in [-0.39, 0.29) is 12.1 Å². The van der Waals surface area contributed by atoms with Gasteiger partial charge in [0.1, 0.15) is 6.10 Å². The second kappa shape index (κ2) is 9.73. The number of ether oxygens (including phenoxy) is 6. The molecule has 3 unspecified atom stereocenters. The van der Waals surface area contributed by atoms with Crippen LogP contribution in [0.1, 0.15) is 122 Å². The second-order valence-corrected chi connectivity index (χ2v) is 10.5. The highest BCUT2D eigenvalue weighted by molar-refractivity contribution is 5.69. The first-order valence-corrected chi connectivity index (χ1v) is 13.8. The summed E-state index contributed by atoms with van der Waals surface area (Å²) in [4.78, 5) is 11.6. The van der Waals surface area contributed by atoms with Crippen LogP contribution in [0, 0.1) is 0 Å². The smallest absolute Gasteiger partial charge is 0.355 e. The lowest BCUT2D eigenvalue weighted by Crippen LogP contribution is -2.41. The summed E-state index contributed by atoms with van der Waals surface area (Å²) in [6.45, 7) is 2.76. The number of fused-ring (bicyclic) bond motifs is 1. The van der Waals surface area contributed by atoms with Gasteiger partial charge in [0, 0.05) is 6.42 Å². The molecule has 0 aliphatic carbocycles. The van der Waals surface area contributed by atoms with E-state index in [1.165, 1.54) is 70.6 Å². The molecule has 5 saturated heterocycles. The van der Waals surface area contributed by atoms with Crippen LogP contribution in [0.15, 0.2) is 0 Å². The van der Waals surface area contributed by atoms with Crippen molar-refractivity contribution in [2.75, 3.05) is 6.61 Å². The van der Waals surface area contributed by atoms with Gasteiger partial charge in [-0.05, 0) is 19.3 Å². The van der Waals surface area contributed by atoms with Crippen molar-refractivity contribution < 1.29 is 33.2 Å². The summed E-state index contributed by atoms with van der Waals surface area (Å²) >= 11 is 0. The summed E-state index contributed by atoms with van der Waals surface area (Å²) in [7, 11) is 0. The molecule has 0 bridgehead atoms. The lowest BCUT2D eigenvalue weighted by molar-refractivity contribution is -0.166. The van der Waals surface area contributed by atoms with Crippen molar-refractivity contribution in [1.29, 1.82) is 0 Å². The number of esters is 1. The largest absolute Gasteiger partial charge is 0.466 e. The predicted molar refractivity (Wildman–Crippen MR) is 120 cm³/mol. The standard InChI is InChI=1S/C26H42O7/c1-2-3-17-20-28-22(27)19-16-14-12-10-8-6-4-5-7-9-11-13-15-18-21-23(29-21)24(30-23)25-26(31-24,32-25)33-25/h21H,2-20H2,1H3. The Morgan fingerprint density at radius 2 is 1.27 bits per heavy atom. The topological polar surface area (TPSA) is 85.7 Å². The van der Waals surface area contributed by atoms with Gasteiger partial charge in [-0.25, -0.2) is 0 Å². The summed E-state index contributed by atoms with van der Waals surface area (Å²) in [6.07, 6.45) is 21.6. The Balaban J connectivity index is 0.737. The third-order valence-corrected chi connectivity index (χ3v) is 7.84. The van der Waals surface area contributed by atoms with Crippen molar-refractivity contribution in [3.05, 3.63) is 0 Å². The molecule has 0 aromatic heterocycles. The van der Waals surface area contributed by atoms with Gasteiger partial charge in [-0.15, -0.1) is 0 Å². The number of hydrogen-bond donors (Lipinski definition) is 0. The summed E-state index contributed by atoms with van der Waals surface area (Å²) < 4.78 is 33.1. The summed E-state index contributed by atoms with van der Waals surface area (Å²) in [5.41, 5.74) is 0. The van der Waals surface area contributed by atoms with Gasteiger partial charge in [0.25, 0.3) is 11.6 Å². The van der Waals surface area contributed by atoms with Gasteiger partial charge in [-0.2, -0.15) is 0 Å². The molecule has 2 spiro atoms. The van der Waals surface area contributed by atoms with Gasteiger partial charge in [-0.1, -0.05) is 96.8 Å². The van der Waals surface area contributed by atoms with E-state index >= 15 is 0 Å². The minimum absolute atomic E-state index is 0.0122. The molecular formula is C26H42O7. The third-order valence-electron chi connectivity index (χ3n) is 7.84. The molecule has 7 heteroatoms. The van der Waals surface area contributed by atoms with Crippen LogP contribution in [0.3, 0.4) is 0 Å². The molecule has 188 valence electrons. The van der Waals surface area contributed by atoms with Crippen molar-refractivity contribution in [2.45, 2.75) is 152 Å². The Hall–Kier alpha value is -0.730. The van der Waals surface area contributed by atoms with E-state index in [2.05, 4.69) is 6.92 Å². The van der Waals surface area contributed by atoms with Crippen LogP contribution >= 0.6 is 0 Å². The summed E-state index contributed by atoms with van der Waals surface area (Å²) in [6, 6.07) is 0. The Morgan fingerprint density at radius 1 is 0.697 bits per heavy atom. The van der Waals surface area contributed by atoms with E-state index in [1.807, 2.05) is 0 Å². The number of hydrogen-bond acceptors (Lipinski definition) is 7. The molecule has 0 aromatic rings. The molecule has 0 amide bonds. The SMILES string of the molecule is CCCCCOC(=O)CCCCCCCCCCCCCCCC1OC12OC21OC23OC21O3. The van der Waals surface area contributed by atoms with Gasteiger partial charge in [0.05, 0.1) is 6.61 Å². The monoisotopic (exact) mass is 466 g/mol. The van der Waals surface area contributed by atoms with Gasteiger partial charge >= 0.3 is 17.7 Å². The molecule has 5 fully saturated rings. The van der Waals surface area contributed by atoms with E-state index in [9.17, 15) is 4.79 Å². The van der Waals surface area contributed by atoms with Crippen LogP contribution in [-0.2, 0) is 33.2 Å². The quantitative estimate of drug-likeness (QED) is 0.127. The van der Waals surface area contributed by atoms with E-state index in [4.69, 9.17) is 28.4 Å². The van der Waals surface area contributed by atoms with Crippen LogP contribution in [0.5, 0.6) is 0 Å². The van der Waals surface area contributed by atoms with Gasteiger partial charge in [-0.3, -0.25) is 23.7 Å². The van der Waals surface area contributed by atoms with Crippen molar-refractivity contribution in [1.82, 2.24) is 0 Å². The first-order valence-electron chi connectivity index (χ1n) is 13.8. The molecule has 5 aliphatic heterocycles. The fraction of sp³-hybridized carbons (Fsp3) is 0.962. The highest BCUT2D eigenvalue weighted by Crippen LogP contribution is 2.93. The van der Waals surface area contributed by atoms with E-state index in [1.54, 1.807) is 0 Å². The molecule has 0 aromatic carbocycles. The predicted octanol–water partition coefficient (Wildman–Crippen LogP) is 5.83. The third kappa shape index (κ3) is 4.49. The Morgan fingerprint density at radius 3 is 1.82 bits per heavy atom. The van der Waals surface area contributed by atoms with Crippen molar-refractivity contribution in [3.8, 4) is 0 Å². The minimum atomic E-state index is -0.725. The Labute approximate surface area is 198 Å². The zero-order chi connectivity index (χ0) is 22.8. The van der Waals surface area contributed by atoms with Crippen molar-refractivity contribution in [3.63, 3.8) is 0 Å². The number of epoxide rings is 4. The second-order valence-electron chi connectivity index (χ2n) is 10.5. The maximum Gasteiger partial charge on any atom is 0.355 e. The Kier molecular flexibility index (Phi) is 7.07. The molecular weight excluding hydrogens is 424 g/mol. The van der Waals surface area contributed by atoms with Gasteiger partial charge in [0.15, 0.2) is 0 Å². The number of unbranched alkanes of at least 4 members (excludes halogenated alkanes) is 14. The highest BCUT2D eigenvalue weighted by atomic mass is 17.3. The zero-order valence-electron chi connectivity index (χ0n) is 20.4. The van der Waals surface area contributed by atoms with Crippen molar-refractivity contribution >= 4 is 5.97 Å². The fourth-order valence-electron chi connectivity index (χ4n) is 5.53. The number of carbonyl (C=O) groups excluding carboxylic acids is 1. The number of carbonyl (C=O) groups is 1. The van der Waals surface area contributed by atoms with Gasteiger partial charge in [0.2, 0.25) is 0 Å². The minimum Gasteiger partial charge on any atom is -0.466 e. The molecule has 0 saturated carbocycles. The molecule has 5 aliphatic rings. The first-order chi connectivity index (χ1) is 16.1. The van der Waals surface area contributed by atoms with Crippen LogP contribution in [0.4, 0.5) is 0 Å². The molecule has 5 rings (SSSR count). The fourth-order valence-corrected chi connectivity index (χ4v) is 5.53. The van der Waals surface area contributed by atoms with Crippen molar-refractivity contribution in [2.24, 2.45) is 0 Å². The van der Waals surface area contributed by atoms with E-state index in [0.29, 0.717) is 13.0 Å².